The van der Waals surface area contributed by atoms with Crippen molar-refractivity contribution in [1.29, 1.82) is 0 Å². The molecule has 5 nitrogen and oxygen atoms in total. The molecular weight excluding hydrogens is 379 g/mol. The van der Waals surface area contributed by atoms with Gasteiger partial charge >= 0.3 is 0 Å². The van der Waals surface area contributed by atoms with Crippen molar-refractivity contribution in [1.82, 2.24) is 4.31 Å². The number of piperidine rings is 1. The smallest absolute Gasteiger partial charge is 0.258 e. The Bertz CT molecular complexity index is 911. The third-order valence-electron chi connectivity index (χ3n) is 4.24. The van der Waals surface area contributed by atoms with Crippen molar-refractivity contribution < 1.29 is 17.6 Å². The summed E-state index contributed by atoms with van der Waals surface area (Å²) >= 11 is 5.79. The number of amides is 1. The molecule has 138 valence electrons. The van der Waals surface area contributed by atoms with Crippen LogP contribution in [0.1, 0.15) is 29.6 Å². The van der Waals surface area contributed by atoms with E-state index in [1.54, 1.807) is 0 Å². The van der Waals surface area contributed by atoms with E-state index in [1.165, 1.54) is 40.7 Å². The standard InChI is InChI=1S/C18H18ClFN2O3S/c19-13-4-9-17(20)16(12-13)18(23)21-14-5-7-15(8-6-14)26(24,25)22-10-2-1-3-11-22/h4-9,12H,1-3,10-11H2,(H,21,23). The Morgan fingerprint density at radius 2 is 1.69 bits per heavy atom. The number of halogens is 2. The zero-order valence-corrected chi connectivity index (χ0v) is 15.5. The summed E-state index contributed by atoms with van der Waals surface area (Å²) in [7, 11) is -3.53. The number of sulfonamides is 1. The molecule has 0 saturated carbocycles. The third-order valence-corrected chi connectivity index (χ3v) is 6.39. The quantitative estimate of drug-likeness (QED) is 0.852. The van der Waals surface area contributed by atoms with E-state index >= 15 is 0 Å². The molecular formula is C18H18ClFN2O3S. The van der Waals surface area contributed by atoms with Crippen LogP contribution in [-0.2, 0) is 10.0 Å². The fourth-order valence-electron chi connectivity index (χ4n) is 2.83. The molecule has 1 N–H and O–H groups in total. The van der Waals surface area contributed by atoms with Crippen LogP contribution in [0.4, 0.5) is 10.1 Å². The minimum Gasteiger partial charge on any atom is -0.322 e. The highest BCUT2D eigenvalue weighted by molar-refractivity contribution is 7.89. The van der Waals surface area contributed by atoms with Gasteiger partial charge in [0.2, 0.25) is 10.0 Å². The van der Waals surface area contributed by atoms with Crippen LogP contribution in [0.3, 0.4) is 0 Å². The Balaban J connectivity index is 1.75. The number of nitrogens with zero attached hydrogens (tertiary/aromatic N) is 1. The van der Waals surface area contributed by atoms with Gasteiger partial charge in [-0.2, -0.15) is 4.31 Å². The zero-order valence-electron chi connectivity index (χ0n) is 13.9. The van der Waals surface area contributed by atoms with Crippen molar-refractivity contribution in [2.75, 3.05) is 18.4 Å². The van der Waals surface area contributed by atoms with E-state index < -0.39 is 21.7 Å². The highest BCUT2D eigenvalue weighted by atomic mass is 35.5. The van der Waals surface area contributed by atoms with Gasteiger partial charge in [-0.25, -0.2) is 12.8 Å². The van der Waals surface area contributed by atoms with E-state index in [9.17, 15) is 17.6 Å². The van der Waals surface area contributed by atoms with E-state index in [4.69, 9.17) is 11.6 Å². The fourth-order valence-corrected chi connectivity index (χ4v) is 4.52. The van der Waals surface area contributed by atoms with E-state index in [1.807, 2.05) is 0 Å². The highest BCUT2D eigenvalue weighted by Crippen LogP contribution is 2.23. The van der Waals surface area contributed by atoms with Crippen LogP contribution >= 0.6 is 11.6 Å². The molecule has 8 heteroatoms. The molecule has 0 bridgehead atoms. The number of benzene rings is 2. The minimum absolute atomic E-state index is 0.173. The van der Waals surface area contributed by atoms with Crippen LogP contribution in [0, 0.1) is 5.82 Å². The normalized spacial score (nSPS) is 15.6. The lowest BCUT2D eigenvalue weighted by molar-refractivity contribution is 0.102. The molecule has 0 aromatic heterocycles. The first-order valence-corrected chi connectivity index (χ1v) is 10.1. The van der Waals surface area contributed by atoms with Crippen molar-refractivity contribution >= 4 is 33.2 Å². The molecule has 0 atom stereocenters. The largest absolute Gasteiger partial charge is 0.322 e. The first-order valence-electron chi connectivity index (χ1n) is 8.24. The Morgan fingerprint density at radius 1 is 1.04 bits per heavy atom. The monoisotopic (exact) mass is 396 g/mol. The van der Waals surface area contributed by atoms with Gasteiger partial charge in [0.1, 0.15) is 5.82 Å². The van der Waals surface area contributed by atoms with Crippen LogP contribution in [0.5, 0.6) is 0 Å². The lowest BCUT2D eigenvalue weighted by atomic mass is 10.2. The minimum atomic E-state index is -3.53. The van der Waals surface area contributed by atoms with Crippen molar-refractivity contribution in [2.24, 2.45) is 0 Å². The number of rotatable bonds is 4. The number of hydrogen-bond donors (Lipinski definition) is 1. The Hall–Kier alpha value is -1.96. The molecule has 26 heavy (non-hydrogen) atoms. The van der Waals surface area contributed by atoms with Gasteiger partial charge in [0.05, 0.1) is 10.5 Å². The van der Waals surface area contributed by atoms with Crippen LogP contribution in [0.25, 0.3) is 0 Å². The molecule has 0 unspecified atom stereocenters. The molecule has 1 saturated heterocycles. The second kappa shape index (κ2) is 7.73. The molecule has 1 fully saturated rings. The van der Waals surface area contributed by atoms with E-state index in [2.05, 4.69) is 5.32 Å². The van der Waals surface area contributed by atoms with Crippen molar-refractivity contribution in [3.05, 3.63) is 58.9 Å². The van der Waals surface area contributed by atoms with E-state index in [0.29, 0.717) is 18.8 Å². The lowest BCUT2D eigenvalue weighted by Gasteiger charge is -2.25. The van der Waals surface area contributed by atoms with Crippen molar-refractivity contribution in [3.63, 3.8) is 0 Å². The van der Waals surface area contributed by atoms with Gasteiger partial charge in [-0.15, -0.1) is 0 Å². The van der Waals surface area contributed by atoms with Crippen LogP contribution in [0.15, 0.2) is 47.4 Å². The Labute approximate surface area is 156 Å². The molecule has 1 aliphatic rings. The van der Waals surface area contributed by atoms with Gasteiger partial charge in [0, 0.05) is 23.8 Å². The fraction of sp³-hybridized carbons (Fsp3) is 0.278. The first-order chi connectivity index (χ1) is 12.4. The molecule has 1 heterocycles. The number of carbonyl (C=O) groups is 1. The summed E-state index contributed by atoms with van der Waals surface area (Å²) in [5, 5.41) is 2.79. The predicted molar refractivity (Wildman–Crippen MR) is 98.4 cm³/mol. The topological polar surface area (TPSA) is 66.5 Å². The maximum atomic E-state index is 13.7. The average Bonchev–Trinajstić information content (AvgIpc) is 2.65. The van der Waals surface area contributed by atoms with Crippen molar-refractivity contribution in [2.45, 2.75) is 24.2 Å². The van der Waals surface area contributed by atoms with Gasteiger partial charge in [0.25, 0.3) is 5.91 Å². The predicted octanol–water partition coefficient (Wildman–Crippen LogP) is 3.91. The third kappa shape index (κ3) is 4.06. The second-order valence-electron chi connectivity index (χ2n) is 6.07. The summed E-state index contributed by atoms with van der Waals surface area (Å²) in [5.41, 5.74) is 0.189. The summed E-state index contributed by atoms with van der Waals surface area (Å²) in [6.07, 6.45) is 2.76. The van der Waals surface area contributed by atoms with Crippen LogP contribution in [-0.4, -0.2) is 31.7 Å². The lowest BCUT2D eigenvalue weighted by Crippen LogP contribution is -2.35. The second-order valence-corrected chi connectivity index (χ2v) is 8.44. The molecule has 0 spiro atoms. The maximum Gasteiger partial charge on any atom is 0.258 e. The number of hydrogen-bond acceptors (Lipinski definition) is 3. The van der Waals surface area contributed by atoms with Crippen LogP contribution < -0.4 is 5.32 Å². The van der Waals surface area contributed by atoms with Crippen LogP contribution in [0.2, 0.25) is 5.02 Å². The number of carbonyl (C=O) groups excluding carboxylic acids is 1. The molecule has 0 aliphatic carbocycles. The number of nitrogens with one attached hydrogen (secondary N) is 1. The van der Waals surface area contributed by atoms with Crippen molar-refractivity contribution in [3.8, 4) is 0 Å². The summed E-state index contributed by atoms with van der Waals surface area (Å²) in [5.74, 6) is -1.34. The molecule has 1 aliphatic heterocycles. The number of anilines is 1. The van der Waals surface area contributed by atoms with Gasteiger partial charge in [0.15, 0.2) is 0 Å². The molecule has 3 rings (SSSR count). The Morgan fingerprint density at radius 3 is 2.35 bits per heavy atom. The van der Waals surface area contributed by atoms with Gasteiger partial charge in [-0.05, 0) is 55.3 Å². The Kier molecular flexibility index (Phi) is 5.60. The molecule has 2 aromatic rings. The summed E-state index contributed by atoms with van der Waals surface area (Å²) in [6, 6.07) is 9.55. The molecule has 0 radical (unpaired) electrons. The highest BCUT2D eigenvalue weighted by Gasteiger charge is 2.25. The van der Waals surface area contributed by atoms with E-state index in [0.717, 1.165) is 25.3 Å². The first kappa shape index (κ1) is 18.8. The SMILES string of the molecule is O=C(Nc1ccc(S(=O)(=O)N2CCCCC2)cc1)c1cc(Cl)ccc1F. The summed E-state index contributed by atoms with van der Waals surface area (Å²) in [4.78, 5) is 12.4. The average molecular weight is 397 g/mol. The maximum absolute atomic E-state index is 13.7. The summed E-state index contributed by atoms with van der Waals surface area (Å²) in [6.45, 7) is 1.05. The summed E-state index contributed by atoms with van der Waals surface area (Å²) < 4.78 is 40.4. The molecule has 2 aromatic carbocycles. The van der Waals surface area contributed by atoms with Gasteiger partial charge < -0.3 is 5.32 Å². The van der Waals surface area contributed by atoms with E-state index in [-0.39, 0.29) is 15.5 Å². The van der Waals surface area contributed by atoms with Gasteiger partial charge in [-0.1, -0.05) is 18.0 Å². The van der Waals surface area contributed by atoms with Gasteiger partial charge in [-0.3, -0.25) is 4.79 Å². The zero-order chi connectivity index (χ0) is 18.7. The molecule has 1 amide bonds.